The zero-order valence-corrected chi connectivity index (χ0v) is 10.0. The number of nitrogens with one attached hydrogen (secondary N) is 1. The monoisotopic (exact) mass is 238 g/mol. The fourth-order valence-electron chi connectivity index (χ4n) is 1.24. The molecular formula is C12H18N2O3. The molecule has 0 saturated heterocycles. The average Bonchev–Trinajstić information content (AvgIpc) is 2.26. The molecule has 0 aliphatic rings. The Morgan fingerprint density at radius 3 is 2.35 bits per heavy atom. The third-order valence-corrected chi connectivity index (χ3v) is 2.53. The molecule has 0 unspecified atom stereocenters. The molecule has 0 aliphatic heterocycles. The van der Waals surface area contributed by atoms with Crippen LogP contribution in [0.25, 0.3) is 0 Å². The number of phenols is 2. The number of carbonyl (C=O) groups excluding carboxylic acids is 1. The largest absolute Gasteiger partial charge is 0.507 e. The highest BCUT2D eigenvalue weighted by atomic mass is 16.3. The van der Waals surface area contributed by atoms with Gasteiger partial charge in [-0.25, -0.2) is 0 Å². The summed E-state index contributed by atoms with van der Waals surface area (Å²) in [4.78, 5) is 11.8. The smallest absolute Gasteiger partial charge is 0.258 e. The van der Waals surface area contributed by atoms with E-state index >= 15 is 0 Å². The van der Waals surface area contributed by atoms with Gasteiger partial charge in [0.05, 0.1) is 0 Å². The molecule has 0 saturated carbocycles. The van der Waals surface area contributed by atoms with Gasteiger partial charge in [-0.1, -0.05) is 19.9 Å². The van der Waals surface area contributed by atoms with Crippen LogP contribution >= 0.6 is 0 Å². The summed E-state index contributed by atoms with van der Waals surface area (Å²) in [7, 11) is 0. The number of hydrogen-bond donors (Lipinski definition) is 4. The minimum atomic E-state index is -0.512. The Morgan fingerprint density at radius 1 is 1.35 bits per heavy atom. The van der Waals surface area contributed by atoms with Crippen LogP contribution in [-0.4, -0.2) is 29.2 Å². The first-order valence-electron chi connectivity index (χ1n) is 5.36. The summed E-state index contributed by atoms with van der Waals surface area (Å²) < 4.78 is 0. The second kappa shape index (κ2) is 5.05. The second-order valence-electron chi connectivity index (χ2n) is 4.72. The molecule has 1 aromatic carbocycles. The molecule has 1 rings (SSSR count). The fraction of sp³-hybridized carbons (Fsp3) is 0.417. The third-order valence-electron chi connectivity index (χ3n) is 2.53. The van der Waals surface area contributed by atoms with Crippen molar-refractivity contribution in [3.05, 3.63) is 23.8 Å². The fourth-order valence-corrected chi connectivity index (χ4v) is 1.24. The van der Waals surface area contributed by atoms with Gasteiger partial charge in [-0.15, -0.1) is 0 Å². The number of aromatic hydroxyl groups is 2. The minimum absolute atomic E-state index is 0.111. The lowest BCUT2D eigenvalue weighted by atomic mass is 9.94. The Kier molecular flexibility index (Phi) is 3.96. The summed E-state index contributed by atoms with van der Waals surface area (Å²) in [5.74, 6) is -0.997. The predicted molar refractivity (Wildman–Crippen MR) is 64.9 cm³/mol. The Bertz CT molecular complexity index is 396. The molecule has 0 aliphatic carbocycles. The van der Waals surface area contributed by atoms with Crippen LogP contribution in [0.1, 0.15) is 24.2 Å². The van der Waals surface area contributed by atoms with Gasteiger partial charge in [0.2, 0.25) is 0 Å². The van der Waals surface area contributed by atoms with E-state index in [4.69, 9.17) is 5.73 Å². The second-order valence-corrected chi connectivity index (χ2v) is 4.72. The van der Waals surface area contributed by atoms with Crippen LogP contribution in [0.2, 0.25) is 0 Å². The highest BCUT2D eigenvalue weighted by molar-refractivity contribution is 5.99. The van der Waals surface area contributed by atoms with Gasteiger partial charge in [0.1, 0.15) is 17.1 Å². The molecule has 5 N–H and O–H groups in total. The zero-order valence-electron chi connectivity index (χ0n) is 10.0. The average molecular weight is 238 g/mol. The van der Waals surface area contributed by atoms with Crippen LogP contribution in [0.4, 0.5) is 0 Å². The van der Waals surface area contributed by atoms with Crippen LogP contribution in [0.3, 0.4) is 0 Å². The number of benzene rings is 1. The molecule has 94 valence electrons. The maximum atomic E-state index is 11.8. The van der Waals surface area contributed by atoms with Crippen molar-refractivity contribution in [2.24, 2.45) is 11.1 Å². The first kappa shape index (κ1) is 13.3. The SMILES string of the molecule is CC(C)(CN)CNC(=O)c1c(O)cccc1O. The molecule has 0 fully saturated rings. The molecule has 0 bridgehead atoms. The van der Waals surface area contributed by atoms with E-state index in [0.29, 0.717) is 13.1 Å². The Labute approximate surface area is 100 Å². The van der Waals surface area contributed by atoms with Gasteiger partial charge in [-0.05, 0) is 24.1 Å². The van der Waals surface area contributed by atoms with Crippen LogP contribution in [0, 0.1) is 5.41 Å². The molecule has 0 atom stereocenters. The van der Waals surface area contributed by atoms with Crippen LogP contribution < -0.4 is 11.1 Å². The summed E-state index contributed by atoms with van der Waals surface area (Å²) in [5, 5.41) is 21.6. The van der Waals surface area contributed by atoms with Crippen LogP contribution in [0.5, 0.6) is 11.5 Å². The predicted octanol–water partition coefficient (Wildman–Crippen LogP) is 0.812. The summed E-state index contributed by atoms with van der Waals surface area (Å²) in [5.41, 5.74) is 5.20. The van der Waals surface area contributed by atoms with E-state index in [1.54, 1.807) is 0 Å². The molecule has 5 heteroatoms. The van der Waals surface area contributed by atoms with E-state index in [1.165, 1.54) is 18.2 Å². The maximum absolute atomic E-state index is 11.8. The number of rotatable bonds is 4. The number of phenolic OH excluding ortho intramolecular Hbond substituents is 2. The highest BCUT2D eigenvalue weighted by Crippen LogP contribution is 2.26. The maximum Gasteiger partial charge on any atom is 0.258 e. The van der Waals surface area contributed by atoms with Crippen LogP contribution in [0.15, 0.2) is 18.2 Å². The van der Waals surface area contributed by atoms with Gasteiger partial charge in [0.15, 0.2) is 0 Å². The lowest BCUT2D eigenvalue weighted by Crippen LogP contribution is -2.38. The van der Waals surface area contributed by atoms with E-state index in [2.05, 4.69) is 5.32 Å². The summed E-state index contributed by atoms with van der Waals surface area (Å²) in [6.45, 7) is 4.63. The highest BCUT2D eigenvalue weighted by Gasteiger charge is 2.20. The van der Waals surface area contributed by atoms with Crippen molar-refractivity contribution < 1.29 is 15.0 Å². The molecule has 0 radical (unpaired) electrons. The molecule has 0 aromatic heterocycles. The quantitative estimate of drug-likeness (QED) is 0.624. The van der Waals surface area contributed by atoms with Crippen molar-refractivity contribution in [2.75, 3.05) is 13.1 Å². The molecule has 17 heavy (non-hydrogen) atoms. The van der Waals surface area contributed by atoms with E-state index in [-0.39, 0.29) is 22.5 Å². The number of carbonyl (C=O) groups is 1. The first-order chi connectivity index (χ1) is 7.87. The number of hydrogen-bond acceptors (Lipinski definition) is 4. The molecule has 1 amide bonds. The lowest BCUT2D eigenvalue weighted by molar-refractivity contribution is 0.0932. The summed E-state index contributed by atoms with van der Waals surface area (Å²) in [6, 6.07) is 4.16. The first-order valence-corrected chi connectivity index (χ1v) is 5.36. The van der Waals surface area contributed by atoms with Gasteiger partial charge in [0, 0.05) is 6.54 Å². The molecule has 1 aromatic rings. The van der Waals surface area contributed by atoms with Crippen molar-refractivity contribution >= 4 is 5.91 Å². The van der Waals surface area contributed by atoms with Gasteiger partial charge in [-0.2, -0.15) is 0 Å². The van der Waals surface area contributed by atoms with Crippen molar-refractivity contribution in [1.82, 2.24) is 5.32 Å². The molecule has 0 spiro atoms. The molecular weight excluding hydrogens is 220 g/mol. The van der Waals surface area contributed by atoms with Gasteiger partial charge >= 0.3 is 0 Å². The summed E-state index contributed by atoms with van der Waals surface area (Å²) >= 11 is 0. The van der Waals surface area contributed by atoms with E-state index in [9.17, 15) is 15.0 Å². The standard InChI is InChI=1S/C12H18N2O3/c1-12(2,6-13)7-14-11(17)10-8(15)4-3-5-9(10)16/h3-5,15-16H,6-7,13H2,1-2H3,(H,14,17). The van der Waals surface area contributed by atoms with Gasteiger partial charge in [-0.3, -0.25) is 4.79 Å². The molecule has 5 nitrogen and oxygen atoms in total. The van der Waals surface area contributed by atoms with Crippen molar-refractivity contribution in [3.8, 4) is 11.5 Å². The van der Waals surface area contributed by atoms with Crippen molar-refractivity contribution in [1.29, 1.82) is 0 Å². The Morgan fingerprint density at radius 2 is 1.88 bits per heavy atom. The van der Waals surface area contributed by atoms with E-state index in [0.717, 1.165) is 0 Å². The van der Waals surface area contributed by atoms with Crippen LogP contribution in [-0.2, 0) is 0 Å². The molecule has 0 heterocycles. The Balaban J connectivity index is 2.78. The lowest BCUT2D eigenvalue weighted by Gasteiger charge is -2.22. The Hall–Kier alpha value is -1.75. The van der Waals surface area contributed by atoms with Crippen molar-refractivity contribution in [2.45, 2.75) is 13.8 Å². The number of amides is 1. The van der Waals surface area contributed by atoms with E-state index < -0.39 is 5.91 Å². The zero-order chi connectivity index (χ0) is 13.1. The van der Waals surface area contributed by atoms with Crippen molar-refractivity contribution in [3.63, 3.8) is 0 Å². The normalized spacial score (nSPS) is 11.2. The third kappa shape index (κ3) is 3.35. The number of nitrogens with two attached hydrogens (primary N) is 1. The van der Waals surface area contributed by atoms with Gasteiger partial charge < -0.3 is 21.3 Å². The van der Waals surface area contributed by atoms with E-state index in [1.807, 2.05) is 13.8 Å². The van der Waals surface area contributed by atoms with Gasteiger partial charge in [0.25, 0.3) is 5.91 Å². The topological polar surface area (TPSA) is 95.6 Å². The summed E-state index contributed by atoms with van der Waals surface area (Å²) in [6.07, 6.45) is 0. The minimum Gasteiger partial charge on any atom is -0.507 e.